The Labute approximate surface area is 69.8 Å². The van der Waals surface area contributed by atoms with Gasteiger partial charge in [0.1, 0.15) is 0 Å². The van der Waals surface area contributed by atoms with Crippen molar-refractivity contribution in [2.45, 2.75) is 24.7 Å². The van der Waals surface area contributed by atoms with Crippen LogP contribution in [0.5, 0.6) is 0 Å². The topological polar surface area (TPSA) is 51.8 Å². The molecule has 0 aliphatic heterocycles. The Kier molecular flexibility index (Phi) is 1.65. The summed E-state index contributed by atoms with van der Waals surface area (Å²) in [5, 5.41) is 6.13. The lowest BCUT2D eigenvalue weighted by Gasteiger charge is -2.08. The van der Waals surface area contributed by atoms with Gasteiger partial charge in [-0.15, -0.1) is 5.10 Å². The molecule has 0 radical (unpaired) electrons. The van der Waals surface area contributed by atoms with Gasteiger partial charge in [0.05, 0.1) is 5.69 Å². The molecule has 1 saturated carbocycles. The Morgan fingerprint density at radius 1 is 1.64 bits per heavy atom. The minimum absolute atomic E-state index is 0.335. The van der Waals surface area contributed by atoms with Gasteiger partial charge >= 0.3 is 0 Å². The van der Waals surface area contributed by atoms with Crippen LogP contribution in [0.15, 0.2) is 5.38 Å². The van der Waals surface area contributed by atoms with Crippen LogP contribution in [0.4, 0.5) is 0 Å². The molecular formula is C7H11N3S. The van der Waals surface area contributed by atoms with Crippen molar-refractivity contribution >= 4 is 11.5 Å². The predicted octanol–water partition coefficient (Wildman–Crippen LogP) is 0.918. The SMILES string of the molecule is NCCC1(c2csnn2)CC1. The second-order valence-corrected chi connectivity index (χ2v) is 3.72. The number of hydrogen-bond donors (Lipinski definition) is 1. The van der Waals surface area contributed by atoms with Crippen LogP contribution < -0.4 is 5.73 Å². The summed E-state index contributed by atoms with van der Waals surface area (Å²) in [6.45, 7) is 0.761. The predicted molar refractivity (Wildman–Crippen MR) is 44.5 cm³/mol. The molecule has 60 valence electrons. The maximum atomic E-state index is 5.52. The summed E-state index contributed by atoms with van der Waals surface area (Å²) < 4.78 is 3.86. The van der Waals surface area contributed by atoms with Crippen LogP contribution in [-0.4, -0.2) is 16.1 Å². The van der Waals surface area contributed by atoms with Crippen LogP contribution in [0.25, 0.3) is 0 Å². The third kappa shape index (κ3) is 1.16. The molecule has 0 spiro atoms. The van der Waals surface area contributed by atoms with Crippen molar-refractivity contribution in [3.05, 3.63) is 11.1 Å². The minimum atomic E-state index is 0.335. The van der Waals surface area contributed by atoms with Gasteiger partial charge in [0.25, 0.3) is 0 Å². The molecule has 1 aliphatic rings. The van der Waals surface area contributed by atoms with Gasteiger partial charge in [0.15, 0.2) is 0 Å². The van der Waals surface area contributed by atoms with Crippen LogP contribution in [0.3, 0.4) is 0 Å². The lowest BCUT2D eigenvalue weighted by atomic mass is 10.00. The zero-order chi connectivity index (χ0) is 7.73. The van der Waals surface area contributed by atoms with E-state index in [-0.39, 0.29) is 0 Å². The van der Waals surface area contributed by atoms with Gasteiger partial charge in [-0.05, 0) is 37.3 Å². The zero-order valence-electron chi connectivity index (χ0n) is 6.29. The summed E-state index contributed by atoms with van der Waals surface area (Å²) in [7, 11) is 0. The summed E-state index contributed by atoms with van der Waals surface area (Å²) >= 11 is 1.43. The Morgan fingerprint density at radius 2 is 2.45 bits per heavy atom. The van der Waals surface area contributed by atoms with Crippen LogP contribution in [0.1, 0.15) is 25.0 Å². The molecule has 4 heteroatoms. The van der Waals surface area contributed by atoms with E-state index in [4.69, 9.17) is 5.73 Å². The first kappa shape index (κ1) is 7.18. The summed E-state index contributed by atoms with van der Waals surface area (Å²) in [6.07, 6.45) is 3.56. The standard InChI is InChI=1S/C7H11N3S/c8-4-3-7(1-2-7)6-5-11-10-9-6/h5H,1-4,8H2. The molecule has 1 aromatic rings. The summed E-state index contributed by atoms with van der Waals surface area (Å²) in [6, 6.07) is 0. The molecule has 3 nitrogen and oxygen atoms in total. The van der Waals surface area contributed by atoms with E-state index in [0.29, 0.717) is 5.41 Å². The van der Waals surface area contributed by atoms with E-state index in [9.17, 15) is 0 Å². The van der Waals surface area contributed by atoms with E-state index < -0.39 is 0 Å². The monoisotopic (exact) mass is 169 g/mol. The van der Waals surface area contributed by atoms with Crippen LogP contribution in [-0.2, 0) is 5.41 Å². The third-order valence-corrected chi connectivity index (χ3v) is 2.88. The van der Waals surface area contributed by atoms with Crippen molar-refractivity contribution in [1.82, 2.24) is 9.59 Å². The molecule has 0 unspecified atom stereocenters. The van der Waals surface area contributed by atoms with Crippen molar-refractivity contribution in [1.29, 1.82) is 0 Å². The molecule has 0 atom stereocenters. The second kappa shape index (κ2) is 2.53. The fourth-order valence-corrected chi connectivity index (χ4v) is 2.04. The van der Waals surface area contributed by atoms with Crippen molar-refractivity contribution in [3.63, 3.8) is 0 Å². The number of rotatable bonds is 3. The van der Waals surface area contributed by atoms with Crippen molar-refractivity contribution in [2.24, 2.45) is 5.73 Å². The van der Waals surface area contributed by atoms with Gasteiger partial charge in [0.2, 0.25) is 0 Å². The molecule has 0 saturated heterocycles. The minimum Gasteiger partial charge on any atom is -0.330 e. The molecule has 0 aromatic carbocycles. The maximum absolute atomic E-state index is 5.52. The van der Waals surface area contributed by atoms with Crippen LogP contribution in [0.2, 0.25) is 0 Å². The summed E-state index contributed by atoms with van der Waals surface area (Å²) in [5.74, 6) is 0. The molecule has 0 amide bonds. The molecular weight excluding hydrogens is 158 g/mol. The van der Waals surface area contributed by atoms with Gasteiger partial charge in [-0.3, -0.25) is 0 Å². The van der Waals surface area contributed by atoms with E-state index in [1.807, 2.05) is 5.38 Å². The summed E-state index contributed by atoms with van der Waals surface area (Å²) in [4.78, 5) is 0. The number of nitrogens with zero attached hydrogens (tertiary/aromatic N) is 2. The molecule has 1 aromatic heterocycles. The normalized spacial score (nSPS) is 20.1. The van der Waals surface area contributed by atoms with E-state index in [2.05, 4.69) is 9.59 Å². The van der Waals surface area contributed by atoms with Crippen molar-refractivity contribution in [2.75, 3.05) is 6.54 Å². The first-order valence-corrected chi connectivity index (χ1v) is 4.69. The molecule has 1 heterocycles. The average molecular weight is 169 g/mol. The summed E-state index contributed by atoms with van der Waals surface area (Å²) in [5.41, 5.74) is 7.01. The Hall–Kier alpha value is -0.480. The Balaban J connectivity index is 2.15. The Bertz CT molecular complexity index is 228. The van der Waals surface area contributed by atoms with Crippen molar-refractivity contribution < 1.29 is 0 Å². The van der Waals surface area contributed by atoms with Gasteiger partial charge in [0, 0.05) is 10.8 Å². The first-order chi connectivity index (χ1) is 5.37. The molecule has 0 bridgehead atoms. The molecule has 2 N–H and O–H groups in total. The van der Waals surface area contributed by atoms with E-state index in [1.165, 1.54) is 24.4 Å². The maximum Gasteiger partial charge on any atom is 0.0817 e. The lowest BCUT2D eigenvalue weighted by Crippen LogP contribution is -2.13. The highest BCUT2D eigenvalue weighted by molar-refractivity contribution is 7.03. The highest BCUT2D eigenvalue weighted by Gasteiger charge is 2.45. The molecule has 11 heavy (non-hydrogen) atoms. The quantitative estimate of drug-likeness (QED) is 0.732. The number of nitrogens with two attached hydrogens (primary N) is 1. The van der Waals surface area contributed by atoms with Crippen LogP contribution in [0, 0.1) is 0 Å². The first-order valence-electron chi connectivity index (χ1n) is 3.85. The van der Waals surface area contributed by atoms with Crippen LogP contribution >= 0.6 is 11.5 Å². The fourth-order valence-electron chi connectivity index (χ4n) is 1.46. The largest absolute Gasteiger partial charge is 0.330 e. The van der Waals surface area contributed by atoms with Gasteiger partial charge in [-0.25, -0.2) is 0 Å². The average Bonchev–Trinajstić information content (AvgIpc) is 2.63. The van der Waals surface area contributed by atoms with Gasteiger partial charge in [-0.2, -0.15) is 0 Å². The fraction of sp³-hybridized carbons (Fsp3) is 0.714. The highest BCUT2D eigenvalue weighted by Crippen LogP contribution is 2.49. The third-order valence-electron chi connectivity index (χ3n) is 2.38. The van der Waals surface area contributed by atoms with E-state index in [0.717, 1.165) is 18.7 Å². The lowest BCUT2D eigenvalue weighted by molar-refractivity contribution is 0.608. The van der Waals surface area contributed by atoms with Crippen molar-refractivity contribution in [3.8, 4) is 0 Å². The second-order valence-electron chi connectivity index (χ2n) is 3.11. The Morgan fingerprint density at radius 3 is 2.91 bits per heavy atom. The van der Waals surface area contributed by atoms with Gasteiger partial charge < -0.3 is 5.73 Å². The highest BCUT2D eigenvalue weighted by atomic mass is 32.1. The van der Waals surface area contributed by atoms with Gasteiger partial charge in [-0.1, -0.05) is 4.49 Å². The number of hydrogen-bond acceptors (Lipinski definition) is 4. The number of aromatic nitrogens is 2. The molecule has 1 aliphatic carbocycles. The molecule has 1 fully saturated rings. The smallest absolute Gasteiger partial charge is 0.0817 e. The zero-order valence-corrected chi connectivity index (χ0v) is 7.10. The van der Waals surface area contributed by atoms with E-state index in [1.54, 1.807) is 0 Å². The van der Waals surface area contributed by atoms with E-state index >= 15 is 0 Å². The molecule has 2 rings (SSSR count).